The molecule has 0 fully saturated rings. The molecule has 0 aliphatic carbocycles. The molecule has 6 heteroatoms. The maximum absolute atomic E-state index is 12.2. The van der Waals surface area contributed by atoms with Gasteiger partial charge in [0.1, 0.15) is 5.69 Å². The highest BCUT2D eigenvalue weighted by Crippen LogP contribution is 2.20. The van der Waals surface area contributed by atoms with E-state index in [9.17, 15) is 4.79 Å². The summed E-state index contributed by atoms with van der Waals surface area (Å²) in [6.45, 7) is 0.339. The Bertz CT molecular complexity index is 853. The maximum atomic E-state index is 12.2. The zero-order valence-corrected chi connectivity index (χ0v) is 14.4. The van der Waals surface area contributed by atoms with Crippen LogP contribution in [0.5, 0.6) is 0 Å². The number of halogens is 1. The zero-order valence-electron chi connectivity index (χ0n) is 13.7. The van der Waals surface area contributed by atoms with Crippen LogP contribution in [-0.4, -0.2) is 22.9 Å². The number of hydrogen-bond donors (Lipinski definition) is 1. The lowest BCUT2D eigenvalue weighted by atomic mass is 10.2. The minimum Gasteiger partial charge on any atom is -0.347 e. The Balaban J connectivity index is 1.65. The van der Waals surface area contributed by atoms with Gasteiger partial charge in [-0.1, -0.05) is 48.0 Å². The van der Waals surface area contributed by atoms with Gasteiger partial charge in [0.2, 0.25) is 0 Å². The highest BCUT2D eigenvalue weighted by molar-refractivity contribution is 6.31. The number of aromatic nitrogens is 2. The number of hydrogen-bond acceptors (Lipinski definition) is 4. The molecule has 2 aromatic carbocycles. The molecule has 1 N–H and O–H groups in total. The van der Waals surface area contributed by atoms with Crippen LogP contribution in [0.1, 0.15) is 16.1 Å². The first-order chi connectivity index (χ1) is 12.1. The van der Waals surface area contributed by atoms with Crippen LogP contribution in [0.25, 0.3) is 0 Å². The molecule has 0 saturated heterocycles. The summed E-state index contributed by atoms with van der Waals surface area (Å²) >= 11 is 6.08. The van der Waals surface area contributed by atoms with E-state index in [-0.39, 0.29) is 11.6 Å². The van der Waals surface area contributed by atoms with Crippen molar-refractivity contribution in [2.75, 3.05) is 11.9 Å². The van der Waals surface area contributed by atoms with Crippen LogP contribution < -0.4 is 10.2 Å². The van der Waals surface area contributed by atoms with E-state index in [1.165, 1.54) is 6.20 Å². The van der Waals surface area contributed by atoms with Gasteiger partial charge in [-0.25, -0.2) is 9.97 Å². The highest BCUT2D eigenvalue weighted by atomic mass is 35.5. The van der Waals surface area contributed by atoms with Gasteiger partial charge in [0.25, 0.3) is 5.91 Å². The molecule has 25 heavy (non-hydrogen) atoms. The molecule has 1 aromatic heterocycles. The zero-order chi connectivity index (χ0) is 17.6. The van der Waals surface area contributed by atoms with Gasteiger partial charge in [0.15, 0.2) is 5.82 Å². The van der Waals surface area contributed by atoms with Gasteiger partial charge in [0.05, 0.1) is 12.4 Å². The molecular formula is C19H17ClN4O. The van der Waals surface area contributed by atoms with E-state index in [0.717, 1.165) is 11.3 Å². The third-order valence-corrected chi connectivity index (χ3v) is 4.12. The predicted molar refractivity (Wildman–Crippen MR) is 99.2 cm³/mol. The van der Waals surface area contributed by atoms with Crippen LogP contribution in [0.2, 0.25) is 5.02 Å². The normalized spacial score (nSPS) is 10.3. The molecule has 0 radical (unpaired) electrons. The quantitative estimate of drug-likeness (QED) is 0.758. The van der Waals surface area contributed by atoms with Crippen molar-refractivity contribution >= 4 is 29.0 Å². The summed E-state index contributed by atoms with van der Waals surface area (Å²) in [6.07, 6.45) is 3.05. The van der Waals surface area contributed by atoms with Crippen LogP contribution in [0, 0.1) is 0 Å². The summed E-state index contributed by atoms with van der Waals surface area (Å²) in [5.41, 5.74) is 2.11. The van der Waals surface area contributed by atoms with Crippen LogP contribution in [0.4, 0.5) is 11.5 Å². The van der Waals surface area contributed by atoms with Crippen LogP contribution in [-0.2, 0) is 6.54 Å². The Morgan fingerprint density at radius 2 is 1.76 bits per heavy atom. The predicted octanol–water partition coefficient (Wildman–Crippen LogP) is 3.83. The molecule has 3 aromatic rings. The average Bonchev–Trinajstić information content (AvgIpc) is 2.67. The molecule has 0 spiro atoms. The first-order valence-corrected chi connectivity index (χ1v) is 8.15. The fourth-order valence-electron chi connectivity index (χ4n) is 2.30. The first kappa shape index (κ1) is 16.9. The lowest BCUT2D eigenvalue weighted by Crippen LogP contribution is -2.24. The standard InChI is InChI=1S/C19H17ClN4O/c1-24(15-8-3-2-4-9-15)18-13-21-17(12-22-18)19(25)23-11-14-7-5-6-10-16(14)20/h2-10,12-13H,11H2,1H3,(H,23,25). The van der Waals surface area contributed by atoms with Crippen molar-refractivity contribution in [3.63, 3.8) is 0 Å². The summed E-state index contributed by atoms with van der Waals surface area (Å²) in [7, 11) is 1.90. The number of nitrogens with zero attached hydrogens (tertiary/aromatic N) is 3. The molecule has 0 aliphatic heterocycles. The Morgan fingerprint density at radius 1 is 1.04 bits per heavy atom. The van der Waals surface area contributed by atoms with Crippen molar-refractivity contribution in [3.8, 4) is 0 Å². The third-order valence-electron chi connectivity index (χ3n) is 3.76. The van der Waals surface area contributed by atoms with Crippen molar-refractivity contribution < 1.29 is 4.79 Å². The fraction of sp³-hybridized carbons (Fsp3) is 0.105. The number of nitrogens with one attached hydrogen (secondary N) is 1. The van der Waals surface area contributed by atoms with Gasteiger partial charge in [-0.05, 0) is 23.8 Å². The fourth-order valence-corrected chi connectivity index (χ4v) is 2.51. The van der Waals surface area contributed by atoms with Gasteiger partial charge >= 0.3 is 0 Å². The molecule has 0 saturated carbocycles. The number of anilines is 2. The molecule has 0 aliphatic rings. The summed E-state index contributed by atoms with van der Waals surface area (Å²) in [5, 5.41) is 3.42. The van der Waals surface area contributed by atoms with Crippen LogP contribution in [0.15, 0.2) is 67.0 Å². The molecule has 126 valence electrons. The van der Waals surface area contributed by atoms with E-state index < -0.39 is 0 Å². The van der Waals surface area contributed by atoms with Crippen molar-refractivity contribution in [1.29, 1.82) is 0 Å². The Kier molecular flexibility index (Phi) is 5.26. The Labute approximate surface area is 151 Å². The van der Waals surface area contributed by atoms with E-state index in [4.69, 9.17) is 11.6 Å². The average molecular weight is 353 g/mol. The molecular weight excluding hydrogens is 336 g/mol. The largest absolute Gasteiger partial charge is 0.347 e. The maximum Gasteiger partial charge on any atom is 0.271 e. The molecule has 3 rings (SSSR count). The minimum atomic E-state index is -0.290. The second-order valence-electron chi connectivity index (χ2n) is 5.43. The number of para-hydroxylation sites is 1. The highest BCUT2D eigenvalue weighted by Gasteiger charge is 2.11. The number of rotatable bonds is 5. The van der Waals surface area contributed by atoms with Crippen molar-refractivity contribution in [2.24, 2.45) is 0 Å². The topological polar surface area (TPSA) is 58.1 Å². The van der Waals surface area contributed by atoms with E-state index in [2.05, 4.69) is 15.3 Å². The number of carbonyl (C=O) groups excluding carboxylic acids is 1. The monoisotopic (exact) mass is 352 g/mol. The molecule has 1 heterocycles. The van der Waals surface area contributed by atoms with Gasteiger partial charge in [-0.2, -0.15) is 0 Å². The van der Waals surface area contributed by atoms with Gasteiger partial charge < -0.3 is 10.2 Å². The van der Waals surface area contributed by atoms with Gasteiger partial charge in [-0.15, -0.1) is 0 Å². The second-order valence-corrected chi connectivity index (χ2v) is 5.84. The summed E-state index contributed by atoms with van der Waals surface area (Å²) in [6, 6.07) is 17.2. The lowest BCUT2D eigenvalue weighted by Gasteiger charge is -2.17. The van der Waals surface area contributed by atoms with Crippen molar-refractivity contribution in [2.45, 2.75) is 6.54 Å². The Hall–Kier alpha value is -2.92. The van der Waals surface area contributed by atoms with E-state index in [1.54, 1.807) is 12.3 Å². The number of benzene rings is 2. The van der Waals surface area contributed by atoms with E-state index in [1.807, 2.05) is 60.5 Å². The minimum absolute atomic E-state index is 0.261. The number of amides is 1. The lowest BCUT2D eigenvalue weighted by molar-refractivity contribution is 0.0945. The summed E-state index contributed by atoms with van der Waals surface area (Å²) in [5.74, 6) is 0.371. The summed E-state index contributed by atoms with van der Waals surface area (Å²) < 4.78 is 0. The molecule has 0 bridgehead atoms. The second kappa shape index (κ2) is 7.77. The smallest absolute Gasteiger partial charge is 0.271 e. The van der Waals surface area contributed by atoms with Crippen molar-refractivity contribution in [1.82, 2.24) is 15.3 Å². The SMILES string of the molecule is CN(c1ccccc1)c1cnc(C(=O)NCc2ccccc2Cl)cn1. The van der Waals surface area contributed by atoms with Gasteiger partial charge in [0, 0.05) is 24.3 Å². The molecule has 0 unspecified atom stereocenters. The van der Waals surface area contributed by atoms with Crippen LogP contribution in [0.3, 0.4) is 0 Å². The molecule has 1 amide bonds. The first-order valence-electron chi connectivity index (χ1n) is 7.77. The van der Waals surface area contributed by atoms with E-state index in [0.29, 0.717) is 17.4 Å². The van der Waals surface area contributed by atoms with Crippen LogP contribution >= 0.6 is 11.6 Å². The number of carbonyl (C=O) groups is 1. The third kappa shape index (κ3) is 4.14. The molecule has 0 atom stereocenters. The summed E-state index contributed by atoms with van der Waals surface area (Å²) in [4.78, 5) is 22.6. The molecule has 5 nitrogen and oxygen atoms in total. The van der Waals surface area contributed by atoms with Gasteiger partial charge in [-0.3, -0.25) is 4.79 Å². The Morgan fingerprint density at radius 3 is 2.44 bits per heavy atom. The van der Waals surface area contributed by atoms with E-state index >= 15 is 0 Å². The van der Waals surface area contributed by atoms with Crippen molar-refractivity contribution in [3.05, 3.63) is 83.3 Å².